The minimum absolute atomic E-state index is 0.00260. The average molecular weight is 1680 g/mol. The summed E-state index contributed by atoms with van der Waals surface area (Å²) >= 11 is 0. The molecule has 2 aliphatic heterocycles. The number of aliphatic carboxylic acids is 1. The summed E-state index contributed by atoms with van der Waals surface area (Å²) < 4.78 is 10.6. The second-order valence-corrected chi connectivity index (χ2v) is 29.8. The number of nitro groups is 2. The molecule has 2 saturated heterocycles. The van der Waals surface area contributed by atoms with Crippen molar-refractivity contribution in [1.29, 1.82) is 10.8 Å². The molecule has 11 amide bonds. The number of carbonyl (C=O) groups is 12. The second-order valence-electron chi connectivity index (χ2n) is 29.8. The van der Waals surface area contributed by atoms with Crippen LogP contribution in [0.25, 0.3) is 21.9 Å². The number of nitrogens with zero attached hydrogens (tertiary/aromatic N) is 4. The van der Waals surface area contributed by atoms with Gasteiger partial charge in [0.15, 0.2) is 11.9 Å². The van der Waals surface area contributed by atoms with Gasteiger partial charge in [-0.3, -0.25) is 88.6 Å². The molecule has 2 aromatic heterocycles. The van der Waals surface area contributed by atoms with E-state index in [1.807, 2.05) is 0 Å². The summed E-state index contributed by atoms with van der Waals surface area (Å²) in [6.45, 7) is 5.51. The zero-order valence-electron chi connectivity index (χ0n) is 67.5. The van der Waals surface area contributed by atoms with E-state index in [1.54, 1.807) is 63.4 Å². The number of primary amides is 1. The number of aromatic amines is 1. The molecular formula is C78H110N22O20. The molecule has 0 saturated carbocycles. The van der Waals surface area contributed by atoms with Gasteiger partial charge in [0, 0.05) is 86.3 Å². The molecule has 10 unspecified atom stereocenters. The standard InChI is InChI=1S/C78H110N22O20/c1-5-16-53(68(106)95-58(37-45-42-88-50-18-7-6-17-48(45)50)71(109)92-54(21-12-33-86-77(81)82)69(107)90-52(67(80)105)19-9-11-32-85-51-28-25-46(99(115)116)40-61(51)100(117)118)91-70(108)55(29-30-64(102)103)93-74(112)66(43(2)3)96-73(111)60-24-15-36-98(60)76(114)57(20-8-10-31-79)94-72(110)59-23-14-35-97(59)75(113)56(22-13-34-87-78(83)84)89-63(101)38-44-39-65(104)120-62-41-47(119-4)26-27-49(44)62/h6-7,17-18,25-28,39-43,52-60,66,85,88H,5,8-16,19-24,29-38,79H2,1-4H3,(H2,80,105)(H,89,101)(H,90,107)(H,91,108)(H,92,109)(H,93,112)(H,94,110)(H,95,106)(H,96,111)(H,102,103)(H4,81,82,86)(H4,83,84,87). The summed E-state index contributed by atoms with van der Waals surface area (Å²) in [6, 6.07) is 2.31. The highest BCUT2D eigenvalue weighted by molar-refractivity contribution is 6.00. The molecule has 0 radical (unpaired) electrons. The van der Waals surface area contributed by atoms with E-state index in [9.17, 15) is 87.7 Å². The highest BCUT2D eigenvalue weighted by Crippen LogP contribution is 2.31. The number of H-pyrrole nitrogens is 1. The first-order valence-electron chi connectivity index (χ1n) is 39.9. The molecule has 3 aromatic carbocycles. The number of carbonyl (C=O) groups excluding carboxylic acids is 11. The largest absolute Gasteiger partial charge is 0.497 e. The number of methoxy groups -OCH3 is 1. The maximum Gasteiger partial charge on any atom is 0.336 e. The van der Waals surface area contributed by atoms with Gasteiger partial charge in [-0.1, -0.05) is 45.4 Å². The Labute approximate surface area is 690 Å². The topological polar surface area (TPSA) is 657 Å². The number of benzene rings is 3. The van der Waals surface area contributed by atoms with Crippen molar-refractivity contribution in [2.45, 2.75) is 210 Å². The summed E-state index contributed by atoms with van der Waals surface area (Å²) in [6.07, 6.45) is 2.35. The Bertz CT molecular complexity index is 4590. The van der Waals surface area contributed by atoms with Gasteiger partial charge in [-0.15, -0.1) is 0 Å². The van der Waals surface area contributed by atoms with Crippen LogP contribution in [0.2, 0.25) is 0 Å². The average Bonchev–Trinajstić information content (AvgIpc) is 1.32. The van der Waals surface area contributed by atoms with Crippen LogP contribution in [-0.4, -0.2) is 219 Å². The molecule has 0 spiro atoms. The van der Waals surface area contributed by atoms with Crippen LogP contribution < -0.4 is 91.8 Å². The van der Waals surface area contributed by atoms with Crippen LogP contribution in [-0.2, 0) is 70.4 Å². The lowest BCUT2D eigenvalue weighted by atomic mass is 10.0. The molecule has 0 aliphatic carbocycles. The van der Waals surface area contributed by atoms with E-state index in [2.05, 4.69) is 63.5 Å². The number of rotatable bonds is 49. The van der Waals surface area contributed by atoms with Crippen molar-refractivity contribution < 1.29 is 81.6 Å². The van der Waals surface area contributed by atoms with Crippen molar-refractivity contribution in [3.63, 3.8) is 0 Å². The number of aromatic nitrogens is 1. The van der Waals surface area contributed by atoms with Gasteiger partial charge in [-0.25, -0.2) is 4.79 Å². The highest BCUT2D eigenvalue weighted by Gasteiger charge is 2.44. The van der Waals surface area contributed by atoms with Crippen molar-refractivity contribution in [3.8, 4) is 5.75 Å². The van der Waals surface area contributed by atoms with Crippen LogP contribution in [0.1, 0.15) is 147 Å². The molecule has 652 valence electrons. The Kier molecular flexibility index (Phi) is 36.2. The quantitative estimate of drug-likeness (QED) is 0.00629. The third-order valence-corrected chi connectivity index (χ3v) is 20.6. The number of carboxylic acid groups (broad SMARTS) is 1. The van der Waals surface area contributed by atoms with Gasteiger partial charge in [0.25, 0.3) is 11.4 Å². The lowest BCUT2D eigenvalue weighted by molar-refractivity contribution is -0.393. The first-order chi connectivity index (χ1) is 57.2. The number of ether oxygens (including phenoxy) is 1. The maximum atomic E-state index is 14.9. The molecule has 2 aliphatic rings. The van der Waals surface area contributed by atoms with Gasteiger partial charge in [-0.05, 0) is 151 Å². The van der Waals surface area contributed by atoms with Gasteiger partial charge in [0.05, 0.1) is 29.4 Å². The predicted octanol–water partition coefficient (Wildman–Crippen LogP) is 0.489. The Balaban J connectivity index is 1.04. The fourth-order valence-corrected chi connectivity index (χ4v) is 14.4. The molecule has 5 aromatic rings. The van der Waals surface area contributed by atoms with Crippen molar-refractivity contribution in [3.05, 3.63) is 115 Å². The van der Waals surface area contributed by atoms with Gasteiger partial charge in [-0.2, -0.15) is 0 Å². The van der Waals surface area contributed by atoms with Gasteiger partial charge >= 0.3 is 11.6 Å². The zero-order chi connectivity index (χ0) is 87.9. The molecule has 10 atom stereocenters. The molecule has 23 N–H and O–H groups in total. The Morgan fingerprint density at radius 1 is 0.608 bits per heavy atom. The SMILES string of the molecule is CCCC(NC(=O)C(CCC(=O)O)NC(=O)C(NC(=O)C1CCCN1C(=O)C(CCCCN)NC(=O)C1CCCN1C(=O)C(CCCNC(=N)N)NC(=O)Cc1cc(=O)oc2cc(OC)ccc12)C(C)C)C(=O)NC(Cc1c[nH]c2ccccc12)C(=O)NC(CCCNC(=N)N)C(=O)NC(CCCCNc1ccc([N+](=O)[O-])cc1[N+](=O)[O-])C(N)=O. The Morgan fingerprint density at radius 2 is 1.16 bits per heavy atom. The fraction of sp³-hybridized carbons (Fsp3) is 0.526. The molecular weight excluding hydrogens is 1560 g/mol. The fourth-order valence-electron chi connectivity index (χ4n) is 14.4. The minimum atomic E-state index is -1.68. The Hall–Kier alpha value is -13.1. The molecule has 42 nitrogen and oxygen atoms in total. The molecule has 7 rings (SSSR count). The number of hydrogen-bond donors (Lipinski definition) is 19. The van der Waals surface area contributed by atoms with E-state index in [0.29, 0.717) is 58.8 Å². The number of fused-ring (bicyclic) bond motifs is 2. The predicted molar refractivity (Wildman–Crippen MR) is 439 cm³/mol. The first-order valence-corrected chi connectivity index (χ1v) is 39.9. The number of amides is 11. The van der Waals surface area contributed by atoms with Crippen LogP contribution >= 0.6 is 0 Å². The van der Waals surface area contributed by atoms with Crippen molar-refractivity contribution in [2.24, 2.45) is 28.9 Å². The number of unbranched alkanes of at least 4 members (excludes halogenated alkanes) is 2. The van der Waals surface area contributed by atoms with Crippen LogP contribution in [0.15, 0.2) is 82.1 Å². The normalized spacial score (nSPS) is 15.7. The number of guanidine groups is 2. The number of nitrogens with two attached hydrogens (primary N) is 4. The number of likely N-dealkylation sites (tertiary alicyclic amines) is 2. The number of para-hydroxylation sites is 1. The lowest BCUT2D eigenvalue weighted by Gasteiger charge is -2.32. The van der Waals surface area contributed by atoms with Gasteiger partial charge < -0.3 is 110 Å². The van der Waals surface area contributed by atoms with Crippen LogP contribution in [0.3, 0.4) is 0 Å². The summed E-state index contributed by atoms with van der Waals surface area (Å²) in [5.74, 6) is -11.5. The first kappa shape index (κ1) is 94.1. The Morgan fingerprint density at radius 3 is 1.74 bits per heavy atom. The van der Waals surface area contributed by atoms with E-state index >= 15 is 0 Å². The van der Waals surface area contributed by atoms with Crippen LogP contribution in [0.5, 0.6) is 5.75 Å². The van der Waals surface area contributed by atoms with E-state index in [4.69, 9.17) is 42.9 Å². The summed E-state index contributed by atoms with van der Waals surface area (Å²) in [4.78, 5) is 211. The highest BCUT2D eigenvalue weighted by atomic mass is 16.6. The summed E-state index contributed by atoms with van der Waals surface area (Å²) in [5.41, 5.74) is 22.6. The number of carboxylic acids is 1. The van der Waals surface area contributed by atoms with Crippen molar-refractivity contribution in [1.82, 2.24) is 68.0 Å². The number of nitrogens with one attached hydrogen (secondary N) is 14. The van der Waals surface area contributed by atoms with Gasteiger partial charge in [0.2, 0.25) is 65.0 Å². The molecule has 4 heterocycles. The van der Waals surface area contributed by atoms with E-state index in [0.717, 1.165) is 12.1 Å². The number of hydrogen-bond acceptors (Lipinski definition) is 23. The number of anilines is 1. The second kappa shape index (κ2) is 46.2. The van der Waals surface area contributed by atoms with E-state index in [1.165, 1.54) is 35.1 Å². The number of nitro benzene ring substituents is 2. The van der Waals surface area contributed by atoms with Crippen molar-refractivity contribution in [2.75, 3.05) is 51.7 Å². The summed E-state index contributed by atoms with van der Waals surface area (Å²) in [7, 11) is 1.44. The van der Waals surface area contributed by atoms with E-state index in [-0.39, 0.29) is 146 Å². The molecule has 0 bridgehead atoms. The monoisotopic (exact) mass is 1670 g/mol. The lowest BCUT2D eigenvalue weighted by Crippen LogP contribution is -2.61. The molecule has 2 fully saturated rings. The molecule has 42 heteroatoms. The number of non-ortho nitro benzene ring substituents is 1. The smallest absolute Gasteiger partial charge is 0.336 e. The van der Waals surface area contributed by atoms with Crippen LogP contribution in [0, 0.1) is 37.0 Å². The van der Waals surface area contributed by atoms with E-state index < -0.39 is 183 Å². The summed E-state index contributed by atoms with van der Waals surface area (Å²) in [5, 5.41) is 78.9. The van der Waals surface area contributed by atoms with Crippen LogP contribution in [0.4, 0.5) is 17.1 Å². The van der Waals surface area contributed by atoms with Gasteiger partial charge in [0.1, 0.15) is 77.4 Å². The third kappa shape index (κ3) is 27.8. The third-order valence-electron chi connectivity index (χ3n) is 20.6. The maximum absolute atomic E-state index is 14.9. The van der Waals surface area contributed by atoms with Crippen molar-refractivity contribution >= 4 is 122 Å². The zero-order valence-corrected chi connectivity index (χ0v) is 67.5. The molecule has 120 heavy (non-hydrogen) atoms. The minimum Gasteiger partial charge on any atom is -0.497 e.